The van der Waals surface area contributed by atoms with Crippen LogP contribution in [0.5, 0.6) is 5.75 Å². The molecule has 402 valence electrons. The van der Waals surface area contributed by atoms with E-state index in [1.54, 1.807) is 24.0 Å². The van der Waals surface area contributed by atoms with Crippen LogP contribution >= 0.6 is 0 Å². The van der Waals surface area contributed by atoms with Crippen molar-refractivity contribution in [1.82, 2.24) is 0 Å². The predicted octanol–water partition coefficient (Wildman–Crippen LogP) is 18.3. The maximum atomic E-state index is 14.9. The Kier molecular flexibility index (Phi) is 12.4. The van der Waals surface area contributed by atoms with Crippen molar-refractivity contribution in [3.05, 3.63) is 243 Å². The van der Waals surface area contributed by atoms with Crippen LogP contribution in [0.1, 0.15) is 89.4 Å². The average molecular weight is 1080 g/mol. The third-order valence-electron chi connectivity index (χ3n) is 17.4. The van der Waals surface area contributed by atoms with Gasteiger partial charge < -0.3 is 14.5 Å². The van der Waals surface area contributed by atoms with Crippen molar-refractivity contribution in [2.45, 2.75) is 46.5 Å². The summed E-state index contributed by atoms with van der Waals surface area (Å²) in [6.07, 6.45) is 2.96. The Bertz CT molecular complexity index is 4710. The van der Waals surface area contributed by atoms with E-state index in [-0.39, 0.29) is 17.6 Å². The van der Waals surface area contributed by atoms with E-state index >= 15 is 0 Å². The standard InChI is InChI=1S/C73H56N6O4/c1-7-42-18-11-15-26-63(42)78(4)72(81)57-38-46-28-31-51-49-22-13-9-20-44(49)36-58(51)65(46)68(41(57)3)76-74-48-30-33-53-54-34-35-62(55-24-17-25-56(67(54)55)70(80)60(53)40-48)75-77-69-66-47(29-32-52-50-23-14-10-21-45(50)37-59(52)66)39-61(71(69)83-6)73(82)79(5)64-27-16-12-19-43(64)8-2/h9-35,38-40H,7-8,36-37H2,1-6H3. The van der Waals surface area contributed by atoms with Crippen molar-refractivity contribution in [3.8, 4) is 39.1 Å². The fraction of sp³-hybridized carbons (Fsp3) is 0.137. The van der Waals surface area contributed by atoms with Crippen LogP contribution in [0.3, 0.4) is 0 Å². The molecule has 10 nitrogen and oxygen atoms in total. The molecule has 0 saturated carbocycles. The summed E-state index contributed by atoms with van der Waals surface area (Å²) in [5, 5.41) is 25.2. The lowest BCUT2D eigenvalue weighted by Gasteiger charge is -2.23. The molecule has 14 rings (SSSR count). The summed E-state index contributed by atoms with van der Waals surface area (Å²) in [7, 11) is 5.20. The summed E-state index contributed by atoms with van der Waals surface area (Å²) in [5.74, 6) is -0.183. The number of benzene rings is 11. The van der Waals surface area contributed by atoms with Crippen LogP contribution in [-0.2, 0) is 25.7 Å². The smallest absolute Gasteiger partial charge is 0.261 e. The molecule has 11 aromatic carbocycles. The number of fused-ring (bicyclic) bond motifs is 12. The van der Waals surface area contributed by atoms with Gasteiger partial charge in [-0.05, 0) is 158 Å². The average Bonchev–Trinajstić information content (AvgIpc) is 3.15. The van der Waals surface area contributed by atoms with Gasteiger partial charge in [-0.2, -0.15) is 5.11 Å². The molecule has 0 N–H and O–H groups in total. The van der Waals surface area contributed by atoms with Crippen molar-refractivity contribution in [1.29, 1.82) is 0 Å². The molecule has 0 unspecified atom stereocenters. The van der Waals surface area contributed by atoms with Crippen molar-refractivity contribution >= 4 is 84.0 Å². The van der Waals surface area contributed by atoms with Gasteiger partial charge in [0.25, 0.3) is 11.8 Å². The number of ether oxygens (including phenoxy) is 1. The van der Waals surface area contributed by atoms with Crippen LogP contribution in [0.2, 0.25) is 0 Å². The number of hydrogen-bond donors (Lipinski definition) is 0. The first-order valence-electron chi connectivity index (χ1n) is 28.3. The lowest BCUT2D eigenvalue weighted by Crippen LogP contribution is -2.28. The SMILES string of the molecule is CCc1ccccc1N(C)C(=O)c1cc2ccc3c(c2c(N=Nc2ccc4c(c2)C(=O)c2cccc5c(N=Nc6c(OC)c(C(=O)N(C)c7ccccc7CC)cc7ccc8c(c67)Cc6ccccc6-8)ccc-4c25)c1C)Cc1ccccc1-3. The Labute approximate surface area is 481 Å². The number of para-hydroxylation sites is 2. The van der Waals surface area contributed by atoms with Crippen LogP contribution in [0.4, 0.5) is 34.1 Å². The molecule has 0 heterocycles. The first-order valence-corrected chi connectivity index (χ1v) is 28.3. The van der Waals surface area contributed by atoms with Gasteiger partial charge in [0, 0.05) is 63.7 Å². The Balaban J connectivity index is 0.858. The van der Waals surface area contributed by atoms with Crippen LogP contribution in [0.15, 0.2) is 202 Å². The Morgan fingerprint density at radius 1 is 0.482 bits per heavy atom. The molecule has 3 aliphatic rings. The number of rotatable bonds is 11. The van der Waals surface area contributed by atoms with Gasteiger partial charge in [0.2, 0.25) is 0 Å². The van der Waals surface area contributed by atoms with Crippen molar-refractivity contribution in [3.63, 3.8) is 0 Å². The number of azo groups is 2. The molecular weight excluding hydrogens is 1020 g/mol. The lowest BCUT2D eigenvalue weighted by atomic mass is 9.82. The van der Waals surface area contributed by atoms with Gasteiger partial charge >= 0.3 is 0 Å². The second-order valence-corrected chi connectivity index (χ2v) is 21.8. The molecule has 3 aliphatic carbocycles. The van der Waals surface area contributed by atoms with E-state index in [4.69, 9.17) is 25.2 Å². The number of anilines is 2. The minimum atomic E-state index is -0.231. The first kappa shape index (κ1) is 51.0. The molecule has 0 atom stereocenters. The highest BCUT2D eigenvalue weighted by molar-refractivity contribution is 6.27. The van der Waals surface area contributed by atoms with E-state index in [0.717, 1.165) is 113 Å². The van der Waals surface area contributed by atoms with E-state index in [0.29, 0.717) is 57.2 Å². The summed E-state index contributed by atoms with van der Waals surface area (Å²) in [5.41, 5.74) is 19.6. The highest BCUT2D eigenvalue weighted by Crippen LogP contribution is 2.51. The van der Waals surface area contributed by atoms with E-state index in [1.165, 1.54) is 22.3 Å². The number of amides is 2. The number of ketones is 1. The second-order valence-electron chi connectivity index (χ2n) is 21.8. The highest BCUT2D eigenvalue weighted by Gasteiger charge is 2.32. The molecular formula is C73H56N6O4. The number of nitrogens with zero attached hydrogens (tertiary/aromatic N) is 6. The third-order valence-corrected chi connectivity index (χ3v) is 17.4. The molecule has 83 heavy (non-hydrogen) atoms. The molecule has 2 amide bonds. The van der Waals surface area contributed by atoms with E-state index in [9.17, 15) is 14.4 Å². The van der Waals surface area contributed by atoms with Crippen molar-refractivity contribution in [2.75, 3.05) is 31.0 Å². The van der Waals surface area contributed by atoms with Crippen molar-refractivity contribution in [2.24, 2.45) is 20.5 Å². The third kappa shape index (κ3) is 8.10. The zero-order valence-electron chi connectivity index (χ0n) is 47.0. The molecule has 0 saturated heterocycles. The normalized spacial score (nSPS) is 12.7. The zero-order valence-corrected chi connectivity index (χ0v) is 47.0. The molecule has 0 spiro atoms. The maximum Gasteiger partial charge on any atom is 0.261 e. The Morgan fingerprint density at radius 3 is 1.64 bits per heavy atom. The molecule has 10 heteroatoms. The van der Waals surface area contributed by atoms with Gasteiger partial charge in [-0.3, -0.25) is 14.4 Å². The summed E-state index contributed by atoms with van der Waals surface area (Å²) in [4.78, 5) is 47.8. The van der Waals surface area contributed by atoms with Gasteiger partial charge in [0.1, 0.15) is 5.69 Å². The van der Waals surface area contributed by atoms with Crippen LogP contribution in [0.25, 0.3) is 65.7 Å². The minimum absolute atomic E-state index is 0.135. The van der Waals surface area contributed by atoms with Crippen LogP contribution in [0, 0.1) is 6.92 Å². The number of methoxy groups -OCH3 is 1. The van der Waals surface area contributed by atoms with E-state index in [2.05, 4.69) is 92.7 Å². The largest absolute Gasteiger partial charge is 0.494 e. The minimum Gasteiger partial charge on any atom is -0.494 e. The maximum absolute atomic E-state index is 14.9. The van der Waals surface area contributed by atoms with Gasteiger partial charge in [0.05, 0.1) is 29.7 Å². The molecule has 0 fully saturated rings. The summed E-state index contributed by atoms with van der Waals surface area (Å²) in [6, 6.07) is 60.5. The van der Waals surface area contributed by atoms with E-state index in [1.807, 2.05) is 117 Å². The molecule has 0 bridgehead atoms. The quantitative estimate of drug-likeness (QED) is 0.120. The van der Waals surface area contributed by atoms with Gasteiger partial charge in [-0.1, -0.05) is 153 Å². The van der Waals surface area contributed by atoms with Crippen LogP contribution in [-0.4, -0.2) is 38.8 Å². The Morgan fingerprint density at radius 2 is 1.01 bits per heavy atom. The molecule has 0 aromatic heterocycles. The topological polar surface area (TPSA) is 116 Å². The number of aryl methyl sites for hydroxylation is 2. The second kappa shape index (κ2) is 20.1. The summed E-state index contributed by atoms with van der Waals surface area (Å²) in [6.45, 7) is 6.13. The van der Waals surface area contributed by atoms with Crippen LogP contribution < -0.4 is 14.5 Å². The van der Waals surface area contributed by atoms with E-state index < -0.39 is 0 Å². The van der Waals surface area contributed by atoms with Gasteiger partial charge in [-0.25, -0.2) is 0 Å². The van der Waals surface area contributed by atoms with Crippen molar-refractivity contribution < 1.29 is 19.1 Å². The Hall–Kier alpha value is -10.2. The fourth-order valence-corrected chi connectivity index (χ4v) is 13.2. The number of hydrogen-bond acceptors (Lipinski definition) is 8. The number of carbonyl (C=O) groups is 3. The summed E-state index contributed by atoms with van der Waals surface area (Å²) < 4.78 is 6.26. The summed E-state index contributed by atoms with van der Waals surface area (Å²) >= 11 is 0. The highest BCUT2D eigenvalue weighted by atomic mass is 16.5. The molecule has 0 aliphatic heterocycles. The van der Waals surface area contributed by atoms with Gasteiger partial charge in [-0.15, -0.1) is 15.3 Å². The number of carbonyl (C=O) groups excluding carboxylic acids is 3. The lowest BCUT2D eigenvalue weighted by molar-refractivity contribution is 0.0983. The fourth-order valence-electron chi connectivity index (χ4n) is 13.2. The molecule has 11 aromatic rings. The zero-order chi connectivity index (χ0) is 56.8. The predicted molar refractivity (Wildman–Crippen MR) is 334 cm³/mol. The molecule has 0 radical (unpaired) electrons. The first-order chi connectivity index (χ1) is 40.5. The monoisotopic (exact) mass is 1080 g/mol. The van der Waals surface area contributed by atoms with Gasteiger partial charge in [0.15, 0.2) is 11.5 Å².